The van der Waals surface area contributed by atoms with Gasteiger partial charge >= 0.3 is 0 Å². The summed E-state index contributed by atoms with van der Waals surface area (Å²) in [5, 5.41) is 24.1. The third-order valence-electron chi connectivity index (χ3n) is 1.78. The predicted octanol–water partition coefficient (Wildman–Crippen LogP) is 0.645. The SMILES string of the molecule is CC(C)(C)c1n[nH]c(=O)c(C#N)c1O. The Balaban J connectivity index is 3.54. The van der Waals surface area contributed by atoms with Crippen molar-refractivity contribution >= 4 is 0 Å². The van der Waals surface area contributed by atoms with Crippen molar-refractivity contribution in [3.63, 3.8) is 0 Å². The summed E-state index contributed by atoms with van der Waals surface area (Å²) < 4.78 is 0. The van der Waals surface area contributed by atoms with Crippen LogP contribution in [0.25, 0.3) is 0 Å². The molecule has 0 aromatic carbocycles. The van der Waals surface area contributed by atoms with Crippen LogP contribution in [-0.2, 0) is 5.41 Å². The Kier molecular flexibility index (Phi) is 2.30. The highest BCUT2D eigenvalue weighted by molar-refractivity contribution is 5.44. The molecule has 0 aliphatic heterocycles. The predicted molar refractivity (Wildman–Crippen MR) is 49.9 cm³/mol. The quantitative estimate of drug-likeness (QED) is 0.632. The highest BCUT2D eigenvalue weighted by Gasteiger charge is 2.23. The monoisotopic (exact) mass is 193 g/mol. The highest BCUT2D eigenvalue weighted by atomic mass is 16.3. The van der Waals surface area contributed by atoms with E-state index in [0.717, 1.165) is 0 Å². The standard InChI is InChI=1S/C9H11N3O2/c1-9(2,3)7-6(13)5(4-10)8(14)12-11-7/h1-3H3,(H2,12,13,14). The molecule has 0 saturated carbocycles. The maximum atomic E-state index is 11.0. The van der Waals surface area contributed by atoms with Crippen LogP contribution in [0, 0.1) is 11.3 Å². The number of nitriles is 1. The van der Waals surface area contributed by atoms with Crippen LogP contribution in [0.2, 0.25) is 0 Å². The second-order valence-corrected chi connectivity index (χ2v) is 3.99. The molecule has 5 heteroatoms. The second-order valence-electron chi connectivity index (χ2n) is 3.99. The maximum absolute atomic E-state index is 11.0. The van der Waals surface area contributed by atoms with Gasteiger partial charge in [-0.3, -0.25) is 4.79 Å². The number of nitrogens with zero attached hydrogens (tertiary/aromatic N) is 2. The van der Waals surface area contributed by atoms with Gasteiger partial charge in [0.25, 0.3) is 5.56 Å². The first-order valence-electron chi connectivity index (χ1n) is 4.10. The van der Waals surface area contributed by atoms with Crippen LogP contribution in [-0.4, -0.2) is 15.3 Å². The van der Waals surface area contributed by atoms with Gasteiger partial charge in [0.2, 0.25) is 0 Å². The Bertz CT molecular complexity index is 449. The van der Waals surface area contributed by atoms with Crippen LogP contribution in [0.5, 0.6) is 5.75 Å². The van der Waals surface area contributed by atoms with Gasteiger partial charge in [-0.05, 0) is 0 Å². The Hall–Kier alpha value is -1.83. The minimum Gasteiger partial charge on any atom is -0.504 e. The fourth-order valence-corrected chi connectivity index (χ4v) is 1.07. The number of aromatic hydroxyl groups is 1. The number of hydrogen-bond donors (Lipinski definition) is 2. The fourth-order valence-electron chi connectivity index (χ4n) is 1.07. The zero-order valence-corrected chi connectivity index (χ0v) is 8.25. The van der Waals surface area contributed by atoms with Gasteiger partial charge in [-0.15, -0.1) is 0 Å². The molecule has 1 aromatic rings. The van der Waals surface area contributed by atoms with E-state index in [0.29, 0.717) is 5.69 Å². The van der Waals surface area contributed by atoms with Gasteiger partial charge in [0, 0.05) is 5.41 Å². The lowest BCUT2D eigenvalue weighted by Crippen LogP contribution is -2.21. The molecule has 0 spiro atoms. The van der Waals surface area contributed by atoms with Crippen LogP contribution in [0.3, 0.4) is 0 Å². The summed E-state index contributed by atoms with van der Waals surface area (Å²) in [7, 11) is 0. The second kappa shape index (κ2) is 3.14. The highest BCUT2D eigenvalue weighted by Crippen LogP contribution is 2.28. The van der Waals surface area contributed by atoms with Crippen molar-refractivity contribution in [3.8, 4) is 11.8 Å². The van der Waals surface area contributed by atoms with Gasteiger partial charge in [0.15, 0.2) is 11.3 Å². The maximum Gasteiger partial charge on any atom is 0.285 e. The molecule has 74 valence electrons. The van der Waals surface area contributed by atoms with E-state index in [9.17, 15) is 9.90 Å². The molecular weight excluding hydrogens is 182 g/mol. The van der Waals surface area contributed by atoms with Crippen molar-refractivity contribution in [2.24, 2.45) is 0 Å². The molecular formula is C9H11N3O2. The van der Waals surface area contributed by atoms with E-state index in [1.807, 2.05) is 20.8 Å². The van der Waals surface area contributed by atoms with Gasteiger partial charge in [-0.2, -0.15) is 10.4 Å². The number of hydrogen-bond acceptors (Lipinski definition) is 4. The van der Waals surface area contributed by atoms with Gasteiger partial charge in [-0.25, -0.2) is 5.10 Å². The third-order valence-corrected chi connectivity index (χ3v) is 1.78. The van der Waals surface area contributed by atoms with E-state index in [-0.39, 0.29) is 11.3 Å². The number of aromatic amines is 1. The summed E-state index contributed by atoms with van der Waals surface area (Å²) in [5.74, 6) is -0.330. The van der Waals surface area contributed by atoms with Gasteiger partial charge in [0.05, 0.1) is 0 Å². The number of aromatic nitrogens is 2. The minimum absolute atomic E-state index is 0.287. The van der Waals surface area contributed by atoms with Crippen LogP contribution in [0.15, 0.2) is 4.79 Å². The molecule has 0 bridgehead atoms. The summed E-state index contributed by atoms with van der Waals surface area (Å²) in [4.78, 5) is 11.0. The van der Waals surface area contributed by atoms with Crippen molar-refractivity contribution in [1.29, 1.82) is 5.26 Å². The fraction of sp³-hybridized carbons (Fsp3) is 0.444. The zero-order valence-electron chi connectivity index (χ0n) is 8.25. The Morgan fingerprint density at radius 3 is 2.50 bits per heavy atom. The van der Waals surface area contributed by atoms with Crippen molar-refractivity contribution < 1.29 is 5.11 Å². The van der Waals surface area contributed by atoms with Crippen molar-refractivity contribution in [3.05, 3.63) is 21.6 Å². The normalized spacial score (nSPS) is 11.0. The Labute approximate surface area is 81.0 Å². The Morgan fingerprint density at radius 1 is 1.50 bits per heavy atom. The zero-order chi connectivity index (χ0) is 10.9. The van der Waals surface area contributed by atoms with Crippen LogP contribution >= 0.6 is 0 Å². The molecule has 1 aromatic heterocycles. The van der Waals surface area contributed by atoms with Crippen molar-refractivity contribution in [1.82, 2.24) is 10.2 Å². The topological polar surface area (TPSA) is 89.8 Å². The Morgan fingerprint density at radius 2 is 2.07 bits per heavy atom. The number of nitrogens with one attached hydrogen (secondary N) is 1. The minimum atomic E-state index is -0.669. The summed E-state index contributed by atoms with van der Waals surface area (Å²) in [6.45, 7) is 5.48. The molecule has 1 heterocycles. The van der Waals surface area contributed by atoms with E-state index in [4.69, 9.17) is 5.26 Å². The molecule has 0 aliphatic rings. The molecule has 2 N–H and O–H groups in total. The molecule has 0 atom stereocenters. The van der Waals surface area contributed by atoms with Crippen molar-refractivity contribution in [2.45, 2.75) is 26.2 Å². The van der Waals surface area contributed by atoms with E-state index >= 15 is 0 Å². The largest absolute Gasteiger partial charge is 0.504 e. The smallest absolute Gasteiger partial charge is 0.285 e. The number of H-pyrrole nitrogens is 1. The molecule has 0 radical (unpaired) electrons. The van der Waals surface area contributed by atoms with Gasteiger partial charge in [-0.1, -0.05) is 20.8 Å². The van der Waals surface area contributed by atoms with E-state index in [1.54, 1.807) is 6.07 Å². The van der Waals surface area contributed by atoms with Gasteiger partial charge < -0.3 is 5.11 Å². The molecule has 0 unspecified atom stereocenters. The molecule has 0 aliphatic carbocycles. The lowest BCUT2D eigenvalue weighted by Gasteiger charge is -2.18. The molecule has 0 amide bonds. The summed E-state index contributed by atoms with van der Waals surface area (Å²) >= 11 is 0. The average molecular weight is 193 g/mol. The van der Waals surface area contributed by atoms with Gasteiger partial charge in [0.1, 0.15) is 11.8 Å². The van der Waals surface area contributed by atoms with Crippen molar-refractivity contribution in [2.75, 3.05) is 0 Å². The summed E-state index contributed by atoms with van der Waals surface area (Å²) in [5.41, 5.74) is -1.06. The number of rotatable bonds is 0. The third kappa shape index (κ3) is 1.59. The van der Waals surface area contributed by atoms with Crippen LogP contribution in [0.4, 0.5) is 0 Å². The lowest BCUT2D eigenvalue weighted by atomic mass is 9.90. The first-order chi connectivity index (χ1) is 6.38. The van der Waals surface area contributed by atoms with E-state index < -0.39 is 11.0 Å². The average Bonchev–Trinajstić information content (AvgIpc) is 2.02. The van der Waals surface area contributed by atoms with Crippen LogP contribution in [0.1, 0.15) is 32.0 Å². The lowest BCUT2D eigenvalue weighted by molar-refractivity contribution is 0.430. The van der Waals surface area contributed by atoms with E-state index in [1.165, 1.54) is 0 Å². The molecule has 5 nitrogen and oxygen atoms in total. The summed E-state index contributed by atoms with van der Waals surface area (Å²) in [6, 6.07) is 1.64. The molecule has 14 heavy (non-hydrogen) atoms. The van der Waals surface area contributed by atoms with Crippen LogP contribution < -0.4 is 5.56 Å². The van der Waals surface area contributed by atoms with E-state index in [2.05, 4.69) is 10.2 Å². The molecule has 0 saturated heterocycles. The molecule has 1 rings (SSSR count). The first-order valence-corrected chi connectivity index (χ1v) is 4.10. The summed E-state index contributed by atoms with van der Waals surface area (Å²) in [6.07, 6.45) is 0. The molecule has 0 fully saturated rings. The first kappa shape index (κ1) is 10.3.